The summed E-state index contributed by atoms with van der Waals surface area (Å²) in [4.78, 5) is 12.3. The van der Waals surface area contributed by atoms with Gasteiger partial charge in [-0.1, -0.05) is 24.3 Å². The minimum atomic E-state index is -0.362. The molecule has 0 aliphatic heterocycles. The maximum atomic E-state index is 12.3. The van der Waals surface area contributed by atoms with Crippen molar-refractivity contribution in [3.05, 3.63) is 64.7 Å². The first-order valence-electron chi connectivity index (χ1n) is 9.26. The minimum Gasteiger partial charge on any atom is -0.506 e. The summed E-state index contributed by atoms with van der Waals surface area (Å²) in [6, 6.07) is 9.15. The number of hydrogen-bond acceptors (Lipinski definition) is 4. The third kappa shape index (κ3) is 2.85. The van der Waals surface area contributed by atoms with Crippen LogP contribution in [-0.4, -0.2) is 17.7 Å². The molecule has 2 N–H and O–H groups in total. The fraction of sp³-hybridized carbons (Fsp3) is 0.318. The minimum absolute atomic E-state index is 0.244. The highest BCUT2D eigenvalue weighted by Gasteiger charge is 2.27. The highest BCUT2D eigenvalue weighted by Crippen LogP contribution is 2.45. The summed E-state index contributed by atoms with van der Waals surface area (Å²) in [6.45, 7) is 2.12. The lowest BCUT2D eigenvalue weighted by Crippen LogP contribution is -2.16. The van der Waals surface area contributed by atoms with Gasteiger partial charge < -0.3 is 15.2 Å². The molecule has 0 spiro atoms. The van der Waals surface area contributed by atoms with Gasteiger partial charge in [-0.05, 0) is 67.5 Å². The van der Waals surface area contributed by atoms with Crippen LogP contribution in [0.25, 0.3) is 0 Å². The van der Waals surface area contributed by atoms with E-state index in [1.807, 2.05) is 24.3 Å². The van der Waals surface area contributed by atoms with E-state index in [1.54, 1.807) is 13.0 Å². The number of anilines is 2. The Labute approximate surface area is 153 Å². The van der Waals surface area contributed by atoms with Crippen LogP contribution in [0, 0.1) is 0 Å². The van der Waals surface area contributed by atoms with Gasteiger partial charge in [-0.15, -0.1) is 0 Å². The number of para-hydroxylation sites is 1. The maximum Gasteiger partial charge on any atom is 0.340 e. The Morgan fingerprint density at radius 2 is 2.19 bits per heavy atom. The highest BCUT2D eigenvalue weighted by molar-refractivity contribution is 5.97. The molecule has 2 aromatic carbocycles. The van der Waals surface area contributed by atoms with Crippen LogP contribution in [-0.2, 0) is 17.6 Å². The van der Waals surface area contributed by atoms with E-state index in [4.69, 9.17) is 4.74 Å². The van der Waals surface area contributed by atoms with E-state index in [2.05, 4.69) is 17.5 Å². The lowest BCUT2D eigenvalue weighted by Gasteiger charge is -2.31. The van der Waals surface area contributed by atoms with Crippen molar-refractivity contribution in [3.8, 4) is 5.75 Å². The summed E-state index contributed by atoms with van der Waals surface area (Å²) in [5.41, 5.74) is 5.58. The first-order chi connectivity index (χ1) is 12.7. The largest absolute Gasteiger partial charge is 0.506 e. The molecule has 4 rings (SSSR count). The summed E-state index contributed by atoms with van der Waals surface area (Å²) in [7, 11) is 0. The molecule has 0 bridgehead atoms. The zero-order valence-electron chi connectivity index (χ0n) is 14.9. The normalized spacial score (nSPS) is 17.5. The van der Waals surface area contributed by atoms with E-state index in [9.17, 15) is 9.90 Å². The summed E-state index contributed by atoms with van der Waals surface area (Å²) < 4.78 is 5.16. The van der Waals surface area contributed by atoms with Crippen molar-refractivity contribution in [1.82, 2.24) is 0 Å². The molecular formula is C22H23NO3. The smallest absolute Gasteiger partial charge is 0.340 e. The summed E-state index contributed by atoms with van der Waals surface area (Å²) >= 11 is 0. The van der Waals surface area contributed by atoms with Gasteiger partial charge in [-0.25, -0.2) is 4.79 Å². The van der Waals surface area contributed by atoms with Crippen molar-refractivity contribution in [2.24, 2.45) is 0 Å². The number of aryl methyl sites for hydroxylation is 1. The van der Waals surface area contributed by atoms with Gasteiger partial charge >= 0.3 is 5.97 Å². The van der Waals surface area contributed by atoms with E-state index in [1.165, 1.54) is 11.1 Å². The molecule has 0 heterocycles. The number of nitrogens with one attached hydrogen (secondary N) is 1. The fourth-order valence-electron chi connectivity index (χ4n) is 4.13. The maximum absolute atomic E-state index is 12.3. The lowest BCUT2D eigenvalue weighted by molar-refractivity contribution is 0.0527. The van der Waals surface area contributed by atoms with Crippen LogP contribution < -0.4 is 5.32 Å². The second kappa shape index (κ2) is 6.87. The van der Waals surface area contributed by atoms with Crippen molar-refractivity contribution in [3.63, 3.8) is 0 Å². The van der Waals surface area contributed by atoms with Gasteiger partial charge in [0, 0.05) is 5.92 Å². The fourth-order valence-corrected chi connectivity index (χ4v) is 4.13. The van der Waals surface area contributed by atoms with Crippen molar-refractivity contribution < 1.29 is 14.6 Å². The van der Waals surface area contributed by atoms with E-state index in [0.29, 0.717) is 29.5 Å². The number of ether oxygens (including phenoxy) is 1. The zero-order chi connectivity index (χ0) is 18.1. The van der Waals surface area contributed by atoms with Gasteiger partial charge in [0.15, 0.2) is 0 Å². The second-order valence-corrected chi connectivity index (χ2v) is 6.84. The van der Waals surface area contributed by atoms with Crippen LogP contribution in [0.4, 0.5) is 11.4 Å². The van der Waals surface area contributed by atoms with Gasteiger partial charge in [0.2, 0.25) is 0 Å². The zero-order valence-corrected chi connectivity index (χ0v) is 14.9. The Kier molecular flexibility index (Phi) is 4.41. The molecular weight excluding hydrogens is 326 g/mol. The molecule has 2 aliphatic carbocycles. The average molecular weight is 349 g/mol. The molecule has 1 atom stereocenters. The molecule has 0 aromatic heterocycles. The van der Waals surface area contributed by atoms with Crippen molar-refractivity contribution >= 4 is 17.3 Å². The molecule has 4 heteroatoms. The number of esters is 1. The number of aromatic hydroxyl groups is 1. The third-order valence-corrected chi connectivity index (χ3v) is 5.24. The van der Waals surface area contributed by atoms with E-state index < -0.39 is 0 Å². The van der Waals surface area contributed by atoms with Crippen LogP contribution in [0.1, 0.15) is 52.7 Å². The van der Waals surface area contributed by atoms with Crippen molar-refractivity contribution in [1.29, 1.82) is 0 Å². The first kappa shape index (κ1) is 16.7. The number of phenols is 1. The summed E-state index contributed by atoms with van der Waals surface area (Å²) in [5.74, 6) is 0.316. The van der Waals surface area contributed by atoms with E-state index in [-0.39, 0.29) is 11.7 Å². The lowest BCUT2D eigenvalue weighted by atomic mass is 9.76. The molecule has 0 unspecified atom stereocenters. The molecule has 2 aromatic rings. The molecule has 0 radical (unpaired) electrons. The van der Waals surface area contributed by atoms with Crippen LogP contribution in [0.3, 0.4) is 0 Å². The van der Waals surface area contributed by atoms with Crippen LogP contribution in [0.15, 0.2) is 42.5 Å². The number of carbonyl (C=O) groups is 1. The Balaban J connectivity index is 1.77. The van der Waals surface area contributed by atoms with Gasteiger partial charge in [0.25, 0.3) is 0 Å². The first-order valence-corrected chi connectivity index (χ1v) is 9.26. The predicted molar refractivity (Wildman–Crippen MR) is 102 cm³/mol. The van der Waals surface area contributed by atoms with Gasteiger partial charge in [-0.3, -0.25) is 0 Å². The molecule has 0 saturated carbocycles. The number of phenolic OH excluding ortho intramolecular Hbond substituents is 1. The Morgan fingerprint density at radius 1 is 1.35 bits per heavy atom. The molecule has 4 nitrogen and oxygen atoms in total. The van der Waals surface area contributed by atoms with Crippen LogP contribution >= 0.6 is 0 Å². The molecule has 2 aliphatic rings. The van der Waals surface area contributed by atoms with Gasteiger partial charge in [0.1, 0.15) is 5.75 Å². The predicted octanol–water partition coefficient (Wildman–Crippen LogP) is 4.84. The topological polar surface area (TPSA) is 58.6 Å². The van der Waals surface area contributed by atoms with E-state index in [0.717, 1.165) is 31.2 Å². The number of benzene rings is 2. The molecule has 0 saturated heterocycles. The number of carbonyl (C=O) groups excluding carboxylic acids is 1. The van der Waals surface area contributed by atoms with Crippen molar-refractivity contribution in [2.45, 2.75) is 38.5 Å². The van der Waals surface area contributed by atoms with E-state index >= 15 is 0 Å². The quantitative estimate of drug-likeness (QED) is 0.471. The molecule has 134 valence electrons. The average Bonchev–Trinajstić information content (AvgIpc) is 2.65. The molecule has 0 fully saturated rings. The molecule has 0 amide bonds. The summed E-state index contributed by atoms with van der Waals surface area (Å²) in [5, 5.41) is 14.0. The third-order valence-electron chi connectivity index (χ3n) is 5.24. The Bertz CT molecular complexity index is 885. The Morgan fingerprint density at radius 3 is 3.04 bits per heavy atom. The highest BCUT2D eigenvalue weighted by atomic mass is 16.5. The SMILES string of the molecule is CCOC(=O)c1ccccc1Nc1c(O)cc2c3c1CC=C[C@H]3CCC2. The van der Waals surface area contributed by atoms with Crippen LogP contribution in [0.2, 0.25) is 0 Å². The number of hydrogen-bond donors (Lipinski definition) is 2. The second-order valence-electron chi connectivity index (χ2n) is 6.84. The monoisotopic (exact) mass is 349 g/mol. The number of rotatable bonds is 4. The molecule has 26 heavy (non-hydrogen) atoms. The number of allylic oxidation sites excluding steroid dienone is 2. The van der Waals surface area contributed by atoms with Crippen molar-refractivity contribution in [2.75, 3.05) is 11.9 Å². The standard InChI is InChI=1S/C22H23NO3/c1-2-26-22(25)16-10-3-4-12-18(16)23-21-17-11-6-8-14-7-5-9-15(20(14)17)13-19(21)24/h3-4,6,8,10,12-14,23-24H,2,5,7,9,11H2,1H3/t14-/m1/s1. The van der Waals surface area contributed by atoms with Crippen LogP contribution in [0.5, 0.6) is 5.75 Å². The van der Waals surface area contributed by atoms with Gasteiger partial charge in [-0.2, -0.15) is 0 Å². The summed E-state index contributed by atoms with van der Waals surface area (Å²) in [6.07, 6.45) is 8.58. The van der Waals surface area contributed by atoms with Gasteiger partial charge in [0.05, 0.1) is 23.5 Å². The Hall–Kier alpha value is -2.75.